The van der Waals surface area contributed by atoms with Crippen molar-refractivity contribution in [2.75, 3.05) is 38.3 Å². The number of anilines is 1. The average molecular weight is 274 g/mol. The lowest BCUT2D eigenvalue weighted by atomic mass is 10.0. The Labute approximate surface area is 120 Å². The van der Waals surface area contributed by atoms with Crippen LogP contribution >= 0.6 is 0 Å². The summed E-state index contributed by atoms with van der Waals surface area (Å²) in [5.41, 5.74) is 3.13. The Balaban J connectivity index is 1.89. The van der Waals surface area contributed by atoms with Crippen LogP contribution in [0.25, 0.3) is 0 Å². The predicted octanol–water partition coefficient (Wildman–Crippen LogP) is 2.50. The summed E-state index contributed by atoms with van der Waals surface area (Å²) in [7, 11) is 1.69. The zero-order chi connectivity index (χ0) is 14.4. The molecule has 0 spiro atoms. The minimum atomic E-state index is 0.347. The molecule has 1 aromatic carbocycles. The standard InChI is InChI=1S/C16H22N2O2/c1-13-11-14(12-17)3-4-16(13)18-7-5-15(6-8-18)20-10-9-19-2/h3-4,11,15H,5-10H2,1-2H3. The number of ether oxygens (including phenoxy) is 2. The van der Waals surface area contributed by atoms with Crippen LogP contribution in [-0.4, -0.2) is 39.5 Å². The lowest BCUT2D eigenvalue weighted by molar-refractivity contribution is 0.00609. The molecule has 108 valence electrons. The van der Waals surface area contributed by atoms with Crippen LogP contribution in [0, 0.1) is 18.3 Å². The van der Waals surface area contributed by atoms with Crippen LogP contribution in [0.3, 0.4) is 0 Å². The van der Waals surface area contributed by atoms with Crippen molar-refractivity contribution >= 4 is 5.69 Å². The Bertz CT molecular complexity index is 474. The first-order chi connectivity index (χ1) is 9.74. The number of hydrogen-bond donors (Lipinski definition) is 0. The third-order valence-electron chi connectivity index (χ3n) is 3.75. The van der Waals surface area contributed by atoms with Gasteiger partial charge >= 0.3 is 0 Å². The van der Waals surface area contributed by atoms with E-state index in [4.69, 9.17) is 14.7 Å². The third-order valence-corrected chi connectivity index (χ3v) is 3.75. The summed E-state index contributed by atoms with van der Waals surface area (Å²) >= 11 is 0. The van der Waals surface area contributed by atoms with Gasteiger partial charge in [0.15, 0.2) is 0 Å². The quantitative estimate of drug-likeness (QED) is 0.774. The number of hydrogen-bond acceptors (Lipinski definition) is 4. The molecule has 4 heteroatoms. The van der Waals surface area contributed by atoms with Gasteiger partial charge in [0.25, 0.3) is 0 Å². The fraction of sp³-hybridized carbons (Fsp3) is 0.562. The van der Waals surface area contributed by atoms with E-state index < -0.39 is 0 Å². The van der Waals surface area contributed by atoms with Gasteiger partial charge in [-0.05, 0) is 43.5 Å². The molecule has 2 rings (SSSR count). The lowest BCUT2D eigenvalue weighted by Gasteiger charge is -2.34. The SMILES string of the molecule is COCCOC1CCN(c2ccc(C#N)cc2C)CC1. The van der Waals surface area contributed by atoms with Crippen molar-refractivity contribution in [2.45, 2.75) is 25.9 Å². The summed E-state index contributed by atoms with van der Waals surface area (Å²) in [4.78, 5) is 2.38. The summed E-state index contributed by atoms with van der Waals surface area (Å²) < 4.78 is 10.8. The van der Waals surface area contributed by atoms with Crippen LogP contribution in [-0.2, 0) is 9.47 Å². The van der Waals surface area contributed by atoms with Gasteiger partial charge in [0.05, 0.1) is 31.0 Å². The van der Waals surface area contributed by atoms with E-state index in [0.29, 0.717) is 19.3 Å². The van der Waals surface area contributed by atoms with Crippen molar-refractivity contribution in [1.82, 2.24) is 0 Å². The highest BCUT2D eigenvalue weighted by Gasteiger charge is 2.20. The van der Waals surface area contributed by atoms with Gasteiger partial charge < -0.3 is 14.4 Å². The van der Waals surface area contributed by atoms with Gasteiger partial charge in [0.1, 0.15) is 0 Å². The summed E-state index contributed by atoms with van der Waals surface area (Å²) in [6.07, 6.45) is 2.44. The highest BCUT2D eigenvalue weighted by molar-refractivity contribution is 5.56. The van der Waals surface area contributed by atoms with Crippen LogP contribution in [0.1, 0.15) is 24.0 Å². The Morgan fingerprint density at radius 2 is 2.05 bits per heavy atom. The Morgan fingerprint density at radius 3 is 2.65 bits per heavy atom. The number of rotatable bonds is 5. The fourth-order valence-corrected chi connectivity index (χ4v) is 2.64. The molecule has 1 fully saturated rings. The number of methoxy groups -OCH3 is 1. The molecule has 1 aromatic rings. The maximum atomic E-state index is 8.91. The van der Waals surface area contributed by atoms with Crippen molar-refractivity contribution in [3.8, 4) is 6.07 Å². The van der Waals surface area contributed by atoms with E-state index in [-0.39, 0.29) is 0 Å². The normalized spacial score (nSPS) is 16.1. The van der Waals surface area contributed by atoms with Crippen LogP contribution < -0.4 is 4.90 Å². The molecule has 0 aromatic heterocycles. The monoisotopic (exact) mass is 274 g/mol. The summed E-state index contributed by atoms with van der Waals surface area (Å²) in [5.74, 6) is 0. The molecule has 0 aliphatic carbocycles. The maximum Gasteiger partial charge on any atom is 0.0991 e. The van der Waals surface area contributed by atoms with Gasteiger partial charge in [-0.2, -0.15) is 5.26 Å². The highest BCUT2D eigenvalue weighted by Crippen LogP contribution is 2.25. The number of piperidine rings is 1. The zero-order valence-electron chi connectivity index (χ0n) is 12.3. The molecule has 1 aliphatic rings. The van der Waals surface area contributed by atoms with Gasteiger partial charge in [-0.1, -0.05) is 0 Å². The van der Waals surface area contributed by atoms with Gasteiger partial charge in [0.2, 0.25) is 0 Å². The largest absolute Gasteiger partial charge is 0.382 e. The van der Waals surface area contributed by atoms with E-state index in [1.54, 1.807) is 7.11 Å². The summed E-state index contributed by atoms with van der Waals surface area (Å²) in [6.45, 7) is 5.41. The van der Waals surface area contributed by atoms with Crippen molar-refractivity contribution in [3.05, 3.63) is 29.3 Å². The molecule has 0 saturated carbocycles. The topological polar surface area (TPSA) is 45.5 Å². The highest BCUT2D eigenvalue weighted by atomic mass is 16.5. The summed E-state index contributed by atoms with van der Waals surface area (Å²) in [6, 6.07) is 8.09. The Morgan fingerprint density at radius 1 is 1.30 bits per heavy atom. The molecule has 0 bridgehead atoms. The van der Waals surface area contributed by atoms with Crippen LogP contribution in [0.5, 0.6) is 0 Å². The predicted molar refractivity (Wildman–Crippen MR) is 79.0 cm³/mol. The molecular formula is C16H22N2O2. The van der Waals surface area contributed by atoms with Gasteiger partial charge in [-0.25, -0.2) is 0 Å². The van der Waals surface area contributed by atoms with E-state index in [1.807, 2.05) is 12.1 Å². The number of aryl methyl sites for hydroxylation is 1. The van der Waals surface area contributed by atoms with Crippen LogP contribution in [0.15, 0.2) is 18.2 Å². The van der Waals surface area contributed by atoms with Gasteiger partial charge in [-0.3, -0.25) is 0 Å². The molecule has 1 saturated heterocycles. The molecule has 0 atom stereocenters. The second kappa shape index (κ2) is 7.28. The molecule has 1 heterocycles. The number of nitrogens with zero attached hydrogens (tertiary/aromatic N) is 2. The minimum absolute atomic E-state index is 0.347. The Kier molecular flexibility index (Phi) is 5.40. The van der Waals surface area contributed by atoms with E-state index in [1.165, 1.54) is 11.3 Å². The Hall–Kier alpha value is -1.57. The molecule has 0 amide bonds. The van der Waals surface area contributed by atoms with Crippen molar-refractivity contribution in [2.24, 2.45) is 0 Å². The van der Waals surface area contributed by atoms with Crippen molar-refractivity contribution in [3.63, 3.8) is 0 Å². The van der Waals surface area contributed by atoms with E-state index in [0.717, 1.165) is 31.5 Å². The van der Waals surface area contributed by atoms with E-state index in [9.17, 15) is 0 Å². The minimum Gasteiger partial charge on any atom is -0.382 e. The van der Waals surface area contributed by atoms with E-state index >= 15 is 0 Å². The van der Waals surface area contributed by atoms with Crippen molar-refractivity contribution in [1.29, 1.82) is 5.26 Å². The lowest BCUT2D eigenvalue weighted by Crippen LogP contribution is -2.37. The maximum absolute atomic E-state index is 8.91. The molecule has 0 N–H and O–H groups in total. The third kappa shape index (κ3) is 3.72. The second-order valence-corrected chi connectivity index (χ2v) is 5.16. The average Bonchev–Trinajstić information content (AvgIpc) is 2.48. The first-order valence-corrected chi connectivity index (χ1v) is 7.11. The first kappa shape index (κ1) is 14.8. The van der Waals surface area contributed by atoms with Crippen LogP contribution in [0.4, 0.5) is 5.69 Å². The molecular weight excluding hydrogens is 252 g/mol. The van der Waals surface area contributed by atoms with Crippen LogP contribution in [0.2, 0.25) is 0 Å². The first-order valence-electron chi connectivity index (χ1n) is 7.11. The van der Waals surface area contributed by atoms with Crippen molar-refractivity contribution < 1.29 is 9.47 Å². The molecule has 4 nitrogen and oxygen atoms in total. The number of nitriles is 1. The fourth-order valence-electron chi connectivity index (χ4n) is 2.64. The zero-order valence-corrected chi connectivity index (χ0v) is 12.3. The van der Waals surface area contributed by atoms with Gasteiger partial charge in [0, 0.05) is 25.9 Å². The molecule has 0 unspecified atom stereocenters. The van der Waals surface area contributed by atoms with E-state index in [2.05, 4.69) is 24.0 Å². The number of benzene rings is 1. The summed E-state index contributed by atoms with van der Waals surface area (Å²) in [5, 5.41) is 8.91. The molecule has 0 radical (unpaired) electrons. The smallest absolute Gasteiger partial charge is 0.0991 e. The molecule has 20 heavy (non-hydrogen) atoms. The molecule has 1 aliphatic heterocycles. The second-order valence-electron chi connectivity index (χ2n) is 5.16. The van der Waals surface area contributed by atoms with Gasteiger partial charge in [-0.15, -0.1) is 0 Å².